The molecule has 0 saturated heterocycles. The normalized spacial score (nSPS) is 10.1. The van der Waals surface area contributed by atoms with Crippen molar-refractivity contribution in [3.8, 4) is 17.2 Å². The number of ether oxygens (including phenoxy) is 4. The molecule has 0 bridgehead atoms. The molecule has 2 rings (SSSR count). The highest BCUT2D eigenvalue weighted by Gasteiger charge is 2.16. The predicted molar refractivity (Wildman–Crippen MR) is 96.1 cm³/mol. The van der Waals surface area contributed by atoms with E-state index in [1.165, 1.54) is 25.3 Å². The molecule has 0 heterocycles. The molecule has 0 saturated carbocycles. The highest BCUT2D eigenvalue weighted by molar-refractivity contribution is 5.93. The van der Waals surface area contributed by atoms with Crippen LogP contribution in [0, 0.1) is 0 Å². The third-order valence-corrected chi connectivity index (χ3v) is 3.44. The van der Waals surface area contributed by atoms with E-state index in [1.807, 2.05) is 13.8 Å². The first-order valence-electron chi connectivity index (χ1n) is 8.39. The number of carbonyl (C=O) groups is 2. The fourth-order valence-corrected chi connectivity index (χ4v) is 2.17. The summed E-state index contributed by atoms with van der Waals surface area (Å²) in [5.41, 5.74) is 0.707. The number of rotatable bonds is 8. The van der Waals surface area contributed by atoms with Gasteiger partial charge in [0.25, 0.3) is 0 Å². The van der Waals surface area contributed by atoms with Gasteiger partial charge in [-0.15, -0.1) is 0 Å². The standard InChI is InChI=1S/C20H22O6/c1-4-12-25-19(21)15-8-11-17(18(13-15)23-3)26-20(22)14-6-9-16(10-7-14)24-5-2/h6-11,13H,4-5,12H2,1-3H3. The van der Waals surface area contributed by atoms with E-state index >= 15 is 0 Å². The van der Waals surface area contributed by atoms with Gasteiger partial charge in [-0.1, -0.05) is 6.92 Å². The Bertz CT molecular complexity index is 751. The summed E-state index contributed by atoms with van der Waals surface area (Å²) < 4.78 is 21.0. The van der Waals surface area contributed by atoms with Gasteiger partial charge in [0, 0.05) is 0 Å². The molecule has 0 aliphatic rings. The average molecular weight is 358 g/mol. The van der Waals surface area contributed by atoms with E-state index in [0.717, 1.165) is 6.42 Å². The van der Waals surface area contributed by atoms with Gasteiger partial charge in [-0.2, -0.15) is 0 Å². The van der Waals surface area contributed by atoms with Gasteiger partial charge in [0.05, 0.1) is 31.5 Å². The van der Waals surface area contributed by atoms with Crippen LogP contribution in [0.25, 0.3) is 0 Å². The molecule has 0 N–H and O–H groups in total. The third-order valence-electron chi connectivity index (χ3n) is 3.44. The van der Waals surface area contributed by atoms with Crippen molar-refractivity contribution in [3.63, 3.8) is 0 Å². The van der Waals surface area contributed by atoms with Crippen LogP contribution in [0.3, 0.4) is 0 Å². The van der Waals surface area contributed by atoms with Gasteiger partial charge >= 0.3 is 11.9 Å². The van der Waals surface area contributed by atoms with Crippen LogP contribution >= 0.6 is 0 Å². The van der Waals surface area contributed by atoms with Crippen molar-refractivity contribution in [1.29, 1.82) is 0 Å². The van der Waals surface area contributed by atoms with Crippen molar-refractivity contribution in [3.05, 3.63) is 53.6 Å². The average Bonchev–Trinajstić information content (AvgIpc) is 2.67. The summed E-state index contributed by atoms with van der Waals surface area (Å²) in [7, 11) is 1.44. The number of esters is 2. The molecule has 138 valence electrons. The van der Waals surface area contributed by atoms with E-state index in [9.17, 15) is 9.59 Å². The second-order valence-electron chi connectivity index (χ2n) is 5.35. The lowest BCUT2D eigenvalue weighted by Gasteiger charge is -2.11. The van der Waals surface area contributed by atoms with Gasteiger partial charge in [0.15, 0.2) is 11.5 Å². The Labute approximate surface area is 152 Å². The van der Waals surface area contributed by atoms with E-state index in [4.69, 9.17) is 18.9 Å². The molecule has 0 fully saturated rings. The molecule has 6 heteroatoms. The number of hydrogen-bond acceptors (Lipinski definition) is 6. The minimum Gasteiger partial charge on any atom is -0.494 e. The van der Waals surface area contributed by atoms with E-state index < -0.39 is 11.9 Å². The zero-order chi connectivity index (χ0) is 18.9. The van der Waals surface area contributed by atoms with Gasteiger partial charge in [0.1, 0.15) is 5.75 Å². The number of benzene rings is 2. The molecule has 2 aromatic carbocycles. The SMILES string of the molecule is CCCOC(=O)c1ccc(OC(=O)c2ccc(OCC)cc2)c(OC)c1. The Kier molecular flexibility index (Phi) is 7.02. The first-order chi connectivity index (χ1) is 12.6. The number of carbonyl (C=O) groups excluding carboxylic acids is 2. The molecule has 0 aromatic heterocycles. The summed E-state index contributed by atoms with van der Waals surface area (Å²) in [4.78, 5) is 24.2. The van der Waals surface area contributed by atoms with E-state index in [0.29, 0.717) is 30.1 Å². The first kappa shape index (κ1) is 19.3. The smallest absolute Gasteiger partial charge is 0.343 e. The van der Waals surface area contributed by atoms with Crippen molar-refractivity contribution < 1.29 is 28.5 Å². The topological polar surface area (TPSA) is 71.1 Å². The van der Waals surface area contributed by atoms with Crippen LogP contribution in [-0.4, -0.2) is 32.3 Å². The largest absolute Gasteiger partial charge is 0.494 e. The van der Waals surface area contributed by atoms with Crippen LogP contribution in [0.15, 0.2) is 42.5 Å². The van der Waals surface area contributed by atoms with Gasteiger partial charge in [-0.3, -0.25) is 0 Å². The molecule has 0 amide bonds. The van der Waals surface area contributed by atoms with Crippen molar-refractivity contribution >= 4 is 11.9 Å². The molecule has 0 radical (unpaired) electrons. The summed E-state index contributed by atoms with van der Waals surface area (Å²) in [5, 5.41) is 0. The lowest BCUT2D eigenvalue weighted by molar-refractivity contribution is 0.0504. The molecule has 0 unspecified atom stereocenters. The summed E-state index contributed by atoms with van der Waals surface area (Å²) >= 11 is 0. The van der Waals surface area contributed by atoms with Crippen molar-refractivity contribution in [2.24, 2.45) is 0 Å². The van der Waals surface area contributed by atoms with Crippen molar-refractivity contribution in [2.75, 3.05) is 20.3 Å². The molecule has 2 aromatic rings. The molecular weight excluding hydrogens is 336 g/mol. The van der Waals surface area contributed by atoms with Gasteiger partial charge in [-0.05, 0) is 55.8 Å². The van der Waals surface area contributed by atoms with Gasteiger partial charge in [0.2, 0.25) is 0 Å². The first-order valence-corrected chi connectivity index (χ1v) is 8.39. The van der Waals surface area contributed by atoms with Crippen molar-refractivity contribution in [1.82, 2.24) is 0 Å². The highest BCUT2D eigenvalue weighted by Crippen LogP contribution is 2.29. The fourth-order valence-electron chi connectivity index (χ4n) is 2.17. The monoisotopic (exact) mass is 358 g/mol. The summed E-state index contributed by atoms with van der Waals surface area (Å²) in [5.74, 6) is 0.187. The minimum atomic E-state index is -0.535. The van der Waals surface area contributed by atoms with Crippen LogP contribution in [0.2, 0.25) is 0 Å². The lowest BCUT2D eigenvalue weighted by atomic mass is 10.2. The number of methoxy groups -OCH3 is 1. The highest BCUT2D eigenvalue weighted by atomic mass is 16.6. The van der Waals surface area contributed by atoms with E-state index in [1.54, 1.807) is 24.3 Å². The zero-order valence-corrected chi connectivity index (χ0v) is 15.1. The Morgan fingerprint density at radius 3 is 2.19 bits per heavy atom. The van der Waals surface area contributed by atoms with Gasteiger partial charge in [-0.25, -0.2) is 9.59 Å². The zero-order valence-electron chi connectivity index (χ0n) is 15.1. The molecule has 0 spiro atoms. The molecular formula is C20H22O6. The third kappa shape index (κ3) is 4.99. The van der Waals surface area contributed by atoms with Crippen LogP contribution in [0.5, 0.6) is 17.2 Å². The Balaban J connectivity index is 2.12. The Hall–Kier alpha value is -3.02. The lowest BCUT2D eigenvalue weighted by Crippen LogP contribution is -2.10. The molecule has 0 aliphatic carbocycles. The molecule has 26 heavy (non-hydrogen) atoms. The van der Waals surface area contributed by atoms with Crippen LogP contribution < -0.4 is 14.2 Å². The minimum absolute atomic E-state index is 0.221. The van der Waals surface area contributed by atoms with Crippen LogP contribution in [0.4, 0.5) is 0 Å². The predicted octanol–water partition coefficient (Wildman–Crippen LogP) is 3.88. The number of hydrogen-bond donors (Lipinski definition) is 0. The molecule has 0 atom stereocenters. The second-order valence-corrected chi connectivity index (χ2v) is 5.35. The van der Waals surface area contributed by atoms with Crippen LogP contribution in [0.1, 0.15) is 41.0 Å². The Morgan fingerprint density at radius 2 is 1.58 bits per heavy atom. The summed E-state index contributed by atoms with van der Waals surface area (Å²) in [6, 6.07) is 11.2. The molecule has 6 nitrogen and oxygen atoms in total. The maximum Gasteiger partial charge on any atom is 0.343 e. The van der Waals surface area contributed by atoms with E-state index in [-0.39, 0.29) is 11.5 Å². The quantitative estimate of drug-likeness (QED) is 0.527. The van der Waals surface area contributed by atoms with Gasteiger partial charge < -0.3 is 18.9 Å². The maximum absolute atomic E-state index is 12.3. The Morgan fingerprint density at radius 1 is 0.885 bits per heavy atom. The van der Waals surface area contributed by atoms with E-state index in [2.05, 4.69) is 0 Å². The maximum atomic E-state index is 12.3. The summed E-state index contributed by atoms with van der Waals surface area (Å²) in [6.07, 6.45) is 0.737. The fraction of sp³-hybridized carbons (Fsp3) is 0.300. The van der Waals surface area contributed by atoms with Crippen LogP contribution in [-0.2, 0) is 4.74 Å². The second kappa shape index (κ2) is 9.46. The van der Waals surface area contributed by atoms with Crippen molar-refractivity contribution in [2.45, 2.75) is 20.3 Å². The summed E-state index contributed by atoms with van der Waals surface area (Å²) in [6.45, 7) is 4.69. The molecule has 0 aliphatic heterocycles.